The lowest BCUT2D eigenvalue weighted by molar-refractivity contribution is -0.158. The van der Waals surface area contributed by atoms with Gasteiger partial charge in [-0.15, -0.1) is 0 Å². The van der Waals surface area contributed by atoms with Gasteiger partial charge in [0.15, 0.2) is 5.92 Å². The van der Waals surface area contributed by atoms with Crippen LogP contribution in [0.15, 0.2) is 0 Å². The maximum absolute atomic E-state index is 10.7. The van der Waals surface area contributed by atoms with E-state index in [0.717, 1.165) is 13.1 Å². The normalized spacial score (nSPS) is 19.9. The van der Waals surface area contributed by atoms with Crippen LogP contribution in [0.2, 0.25) is 0 Å². The quantitative estimate of drug-likeness (QED) is 0.634. The summed E-state index contributed by atoms with van der Waals surface area (Å²) in [6.45, 7) is 1.56. The molecule has 0 spiro atoms. The van der Waals surface area contributed by atoms with Crippen LogP contribution in [-0.4, -0.2) is 47.2 Å². The molecule has 0 atom stereocenters. The molecule has 1 aliphatic heterocycles. The SMILES string of the molecule is CN1CCC(C(C(=O)O)C(=O)O)CC1. The van der Waals surface area contributed by atoms with E-state index in [9.17, 15) is 9.59 Å². The molecule has 2 N–H and O–H groups in total. The Morgan fingerprint density at radius 1 is 1.21 bits per heavy atom. The third-order valence-electron chi connectivity index (χ3n) is 2.77. The summed E-state index contributed by atoms with van der Waals surface area (Å²) in [6, 6.07) is 0. The van der Waals surface area contributed by atoms with Gasteiger partial charge in [0.1, 0.15) is 0 Å². The van der Waals surface area contributed by atoms with Crippen molar-refractivity contribution in [2.45, 2.75) is 12.8 Å². The van der Waals surface area contributed by atoms with E-state index < -0.39 is 17.9 Å². The molecule has 0 aromatic heterocycles. The third kappa shape index (κ3) is 2.45. The van der Waals surface area contributed by atoms with Gasteiger partial charge >= 0.3 is 11.9 Å². The minimum Gasteiger partial charge on any atom is -0.481 e. The van der Waals surface area contributed by atoms with Gasteiger partial charge in [-0.2, -0.15) is 0 Å². The molecule has 14 heavy (non-hydrogen) atoms. The molecule has 0 aromatic rings. The van der Waals surface area contributed by atoms with Gasteiger partial charge in [0.05, 0.1) is 0 Å². The summed E-state index contributed by atoms with van der Waals surface area (Å²) in [4.78, 5) is 23.5. The fourth-order valence-corrected chi connectivity index (χ4v) is 1.87. The van der Waals surface area contributed by atoms with E-state index in [1.54, 1.807) is 0 Å². The summed E-state index contributed by atoms with van der Waals surface area (Å²) in [5, 5.41) is 17.5. The maximum Gasteiger partial charge on any atom is 0.318 e. The third-order valence-corrected chi connectivity index (χ3v) is 2.77. The Balaban J connectivity index is 2.61. The predicted molar refractivity (Wildman–Crippen MR) is 49.0 cm³/mol. The summed E-state index contributed by atoms with van der Waals surface area (Å²) >= 11 is 0. The zero-order chi connectivity index (χ0) is 10.7. The van der Waals surface area contributed by atoms with Gasteiger partial charge < -0.3 is 15.1 Å². The summed E-state index contributed by atoms with van der Waals surface area (Å²) in [6.07, 6.45) is 1.31. The van der Waals surface area contributed by atoms with Gasteiger partial charge in [0.25, 0.3) is 0 Å². The van der Waals surface area contributed by atoms with Crippen molar-refractivity contribution in [3.63, 3.8) is 0 Å². The molecule has 0 amide bonds. The Labute approximate surface area is 82.3 Å². The smallest absolute Gasteiger partial charge is 0.318 e. The number of likely N-dealkylation sites (tertiary alicyclic amines) is 1. The van der Waals surface area contributed by atoms with Crippen LogP contribution in [0.1, 0.15) is 12.8 Å². The van der Waals surface area contributed by atoms with Crippen LogP contribution >= 0.6 is 0 Å². The summed E-state index contributed by atoms with van der Waals surface area (Å²) in [7, 11) is 1.95. The standard InChI is InChI=1S/C9H15NO4/c1-10-4-2-6(3-5-10)7(8(11)12)9(13)14/h6-7H,2-5H2,1H3,(H,11,12)(H,13,14). The van der Waals surface area contributed by atoms with Gasteiger partial charge in [-0.3, -0.25) is 9.59 Å². The van der Waals surface area contributed by atoms with E-state index in [1.807, 2.05) is 7.05 Å². The van der Waals surface area contributed by atoms with Gasteiger partial charge in [-0.05, 0) is 38.9 Å². The van der Waals surface area contributed by atoms with E-state index in [1.165, 1.54) is 0 Å². The Morgan fingerprint density at radius 2 is 1.64 bits per heavy atom. The first-order valence-electron chi connectivity index (χ1n) is 4.66. The fraction of sp³-hybridized carbons (Fsp3) is 0.778. The number of nitrogens with zero attached hydrogens (tertiary/aromatic N) is 1. The Kier molecular flexibility index (Phi) is 3.46. The molecule has 0 unspecified atom stereocenters. The molecule has 1 aliphatic rings. The molecule has 0 aromatic carbocycles. The lowest BCUT2D eigenvalue weighted by Gasteiger charge is -2.30. The summed E-state index contributed by atoms with van der Waals surface area (Å²) in [5.74, 6) is -3.89. The van der Waals surface area contributed by atoms with E-state index in [0.29, 0.717) is 12.8 Å². The molecule has 0 bridgehead atoms. The van der Waals surface area contributed by atoms with Crippen LogP contribution in [0.4, 0.5) is 0 Å². The minimum absolute atomic E-state index is 0.221. The van der Waals surface area contributed by atoms with E-state index >= 15 is 0 Å². The van der Waals surface area contributed by atoms with Gasteiger partial charge in [-0.1, -0.05) is 0 Å². The molecule has 0 saturated carbocycles. The lowest BCUT2D eigenvalue weighted by atomic mass is 9.84. The van der Waals surface area contributed by atoms with Gasteiger partial charge in [0, 0.05) is 0 Å². The Hall–Kier alpha value is -1.10. The van der Waals surface area contributed by atoms with Crippen molar-refractivity contribution in [1.29, 1.82) is 0 Å². The van der Waals surface area contributed by atoms with Crippen molar-refractivity contribution < 1.29 is 19.8 Å². The lowest BCUT2D eigenvalue weighted by Crippen LogP contribution is -2.39. The Bertz CT molecular complexity index is 219. The molecular weight excluding hydrogens is 186 g/mol. The molecule has 1 saturated heterocycles. The topological polar surface area (TPSA) is 77.8 Å². The second-order valence-electron chi connectivity index (χ2n) is 3.79. The van der Waals surface area contributed by atoms with Crippen molar-refractivity contribution >= 4 is 11.9 Å². The summed E-state index contributed by atoms with van der Waals surface area (Å²) in [5.41, 5.74) is 0. The number of piperidine rings is 1. The second kappa shape index (κ2) is 4.41. The molecule has 0 radical (unpaired) electrons. The number of rotatable bonds is 3. The number of aliphatic carboxylic acids is 2. The number of hydrogen-bond acceptors (Lipinski definition) is 3. The highest BCUT2D eigenvalue weighted by Crippen LogP contribution is 2.24. The zero-order valence-corrected chi connectivity index (χ0v) is 8.14. The Morgan fingerprint density at radius 3 is 2.00 bits per heavy atom. The first kappa shape index (κ1) is 11.0. The zero-order valence-electron chi connectivity index (χ0n) is 8.14. The first-order chi connectivity index (χ1) is 6.52. The van der Waals surface area contributed by atoms with Crippen LogP contribution in [0.5, 0.6) is 0 Å². The molecule has 5 nitrogen and oxygen atoms in total. The second-order valence-corrected chi connectivity index (χ2v) is 3.79. The van der Waals surface area contributed by atoms with Crippen LogP contribution in [0.25, 0.3) is 0 Å². The van der Waals surface area contributed by atoms with Crippen molar-refractivity contribution in [2.24, 2.45) is 11.8 Å². The average molecular weight is 201 g/mol. The highest BCUT2D eigenvalue weighted by molar-refractivity contribution is 5.93. The van der Waals surface area contributed by atoms with E-state index in [4.69, 9.17) is 10.2 Å². The largest absolute Gasteiger partial charge is 0.481 e. The van der Waals surface area contributed by atoms with Crippen molar-refractivity contribution in [1.82, 2.24) is 4.90 Å². The first-order valence-corrected chi connectivity index (χ1v) is 4.66. The number of carboxylic acids is 2. The van der Waals surface area contributed by atoms with E-state index in [2.05, 4.69) is 4.90 Å². The molecule has 80 valence electrons. The number of carbonyl (C=O) groups is 2. The van der Waals surface area contributed by atoms with Crippen LogP contribution in [-0.2, 0) is 9.59 Å². The van der Waals surface area contributed by atoms with Crippen molar-refractivity contribution in [2.75, 3.05) is 20.1 Å². The van der Waals surface area contributed by atoms with Crippen LogP contribution in [0, 0.1) is 11.8 Å². The molecule has 5 heteroatoms. The number of hydrogen-bond donors (Lipinski definition) is 2. The summed E-state index contributed by atoms with van der Waals surface area (Å²) < 4.78 is 0. The number of carboxylic acid groups (broad SMARTS) is 2. The average Bonchev–Trinajstić information content (AvgIpc) is 2.07. The van der Waals surface area contributed by atoms with Crippen molar-refractivity contribution in [3.8, 4) is 0 Å². The van der Waals surface area contributed by atoms with Gasteiger partial charge in [0.2, 0.25) is 0 Å². The van der Waals surface area contributed by atoms with Crippen LogP contribution < -0.4 is 0 Å². The highest BCUT2D eigenvalue weighted by atomic mass is 16.4. The predicted octanol–water partition coefficient (Wildman–Crippen LogP) is 0.114. The fourth-order valence-electron chi connectivity index (χ4n) is 1.87. The monoisotopic (exact) mass is 201 g/mol. The van der Waals surface area contributed by atoms with Crippen LogP contribution in [0.3, 0.4) is 0 Å². The molecular formula is C9H15NO4. The maximum atomic E-state index is 10.7. The molecule has 0 aliphatic carbocycles. The molecule has 1 heterocycles. The van der Waals surface area contributed by atoms with Crippen molar-refractivity contribution in [3.05, 3.63) is 0 Å². The van der Waals surface area contributed by atoms with Gasteiger partial charge in [-0.25, -0.2) is 0 Å². The molecule has 1 fully saturated rings. The molecule has 1 rings (SSSR count). The van der Waals surface area contributed by atoms with E-state index in [-0.39, 0.29) is 5.92 Å². The minimum atomic E-state index is -1.23. The highest BCUT2D eigenvalue weighted by Gasteiger charge is 2.36.